The van der Waals surface area contributed by atoms with E-state index in [9.17, 15) is 0 Å². The van der Waals surface area contributed by atoms with Crippen molar-refractivity contribution < 1.29 is 4.74 Å². The van der Waals surface area contributed by atoms with E-state index in [-0.39, 0.29) is 24.0 Å². The van der Waals surface area contributed by atoms with E-state index in [1.807, 2.05) is 48.7 Å². The number of hydrogen-bond acceptors (Lipinski definition) is 5. The number of ether oxygens (including phenoxy) is 1. The maximum absolute atomic E-state index is 5.76. The molecule has 1 aromatic carbocycles. The smallest absolute Gasteiger partial charge is 0.191 e. The topological polar surface area (TPSA) is 71.4 Å². The minimum absolute atomic E-state index is 0. The molecule has 0 fully saturated rings. The van der Waals surface area contributed by atoms with Crippen molar-refractivity contribution >= 4 is 41.3 Å². The number of rotatable bonds is 7. The predicted octanol–water partition coefficient (Wildman–Crippen LogP) is 3.91. The number of hydrogen-bond donors (Lipinski definition) is 2. The Morgan fingerprint density at radius 2 is 1.86 bits per heavy atom. The number of aliphatic imine (C=N–C) groups is 1. The van der Waals surface area contributed by atoms with E-state index in [1.54, 1.807) is 24.6 Å². The Hall–Kier alpha value is -2.20. The third kappa shape index (κ3) is 7.08. The Labute approximate surface area is 186 Å². The molecule has 0 unspecified atom stereocenters. The van der Waals surface area contributed by atoms with Crippen molar-refractivity contribution in [2.75, 3.05) is 7.05 Å². The van der Waals surface area contributed by atoms with Gasteiger partial charge in [-0.3, -0.25) is 9.98 Å². The van der Waals surface area contributed by atoms with E-state index in [0.29, 0.717) is 19.7 Å². The second kappa shape index (κ2) is 11.6. The van der Waals surface area contributed by atoms with Crippen molar-refractivity contribution in [2.45, 2.75) is 26.6 Å². The molecule has 8 heteroatoms. The SMILES string of the molecule is CN=C(NCc1ccc(OCc2ccccn2)cc1)NCc1ncc(C)s1.I. The van der Waals surface area contributed by atoms with Crippen molar-refractivity contribution in [3.8, 4) is 5.75 Å². The van der Waals surface area contributed by atoms with Gasteiger partial charge in [0.25, 0.3) is 0 Å². The quantitative estimate of drug-likeness (QED) is 0.287. The molecular formula is C20H24IN5OS. The first-order valence-electron chi connectivity index (χ1n) is 8.70. The van der Waals surface area contributed by atoms with Crippen molar-refractivity contribution in [2.24, 2.45) is 4.99 Å². The highest BCUT2D eigenvalue weighted by atomic mass is 127. The van der Waals surface area contributed by atoms with Gasteiger partial charge in [-0.2, -0.15) is 0 Å². The molecule has 28 heavy (non-hydrogen) atoms. The van der Waals surface area contributed by atoms with Gasteiger partial charge in [0.2, 0.25) is 0 Å². The fraction of sp³-hybridized carbons (Fsp3) is 0.250. The zero-order valence-electron chi connectivity index (χ0n) is 15.9. The van der Waals surface area contributed by atoms with Gasteiger partial charge in [0.05, 0.1) is 12.2 Å². The Balaban J connectivity index is 0.00000280. The highest BCUT2D eigenvalue weighted by Gasteiger charge is 2.03. The lowest BCUT2D eigenvalue weighted by Gasteiger charge is -2.11. The molecule has 0 saturated heterocycles. The summed E-state index contributed by atoms with van der Waals surface area (Å²) in [7, 11) is 1.76. The fourth-order valence-corrected chi connectivity index (χ4v) is 3.12. The van der Waals surface area contributed by atoms with E-state index in [2.05, 4.69) is 32.5 Å². The first kappa shape index (κ1) is 22.1. The van der Waals surface area contributed by atoms with Gasteiger partial charge in [0.1, 0.15) is 17.4 Å². The van der Waals surface area contributed by atoms with Gasteiger partial charge in [-0.05, 0) is 36.8 Å². The monoisotopic (exact) mass is 509 g/mol. The predicted molar refractivity (Wildman–Crippen MR) is 124 cm³/mol. The van der Waals surface area contributed by atoms with Crippen LogP contribution in [0.5, 0.6) is 5.75 Å². The number of benzene rings is 1. The number of halogens is 1. The van der Waals surface area contributed by atoms with Crippen LogP contribution in [0.3, 0.4) is 0 Å². The molecule has 0 amide bonds. The molecule has 0 aliphatic carbocycles. The van der Waals surface area contributed by atoms with E-state index in [1.165, 1.54) is 4.88 Å². The minimum Gasteiger partial charge on any atom is -0.487 e. The maximum Gasteiger partial charge on any atom is 0.191 e. The third-order valence-corrected chi connectivity index (χ3v) is 4.71. The zero-order chi connectivity index (χ0) is 18.9. The lowest BCUT2D eigenvalue weighted by atomic mass is 10.2. The van der Waals surface area contributed by atoms with E-state index in [4.69, 9.17) is 4.74 Å². The van der Waals surface area contributed by atoms with Crippen molar-refractivity contribution in [3.05, 3.63) is 76.0 Å². The average molecular weight is 509 g/mol. The molecule has 0 saturated carbocycles. The largest absolute Gasteiger partial charge is 0.487 e. The molecule has 0 aliphatic rings. The summed E-state index contributed by atoms with van der Waals surface area (Å²) in [6, 6.07) is 13.8. The standard InChI is InChI=1S/C20H23N5OS.HI/c1-15-11-23-19(27-15)13-25-20(21-2)24-12-16-6-8-18(9-7-16)26-14-17-5-3-4-10-22-17;/h3-11H,12-14H2,1-2H3,(H2,21,24,25);1H. The number of thiazole rings is 1. The highest BCUT2D eigenvalue weighted by molar-refractivity contribution is 14.0. The molecule has 0 aliphatic heterocycles. The summed E-state index contributed by atoms with van der Waals surface area (Å²) in [6.45, 7) is 3.86. The van der Waals surface area contributed by atoms with Crippen molar-refractivity contribution in [1.29, 1.82) is 0 Å². The minimum atomic E-state index is 0. The molecule has 3 aromatic rings. The summed E-state index contributed by atoms with van der Waals surface area (Å²) in [5, 5.41) is 7.63. The van der Waals surface area contributed by atoms with E-state index < -0.39 is 0 Å². The van der Waals surface area contributed by atoms with Crippen LogP contribution in [0.2, 0.25) is 0 Å². The summed E-state index contributed by atoms with van der Waals surface area (Å²) in [5.74, 6) is 1.57. The van der Waals surface area contributed by atoms with Crippen LogP contribution in [0, 0.1) is 6.92 Å². The molecule has 2 N–H and O–H groups in total. The molecule has 0 radical (unpaired) electrons. The lowest BCUT2D eigenvalue weighted by molar-refractivity contribution is 0.301. The number of nitrogens with zero attached hydrogens (tertiary/aromatic N) is 3. The molecule has 3 rings (SSSR count). The average Bonchev–Trinajstić information content (AvgIpc) is 3.13. The van der Waals surface area contributed by atoms with Crippen molar-refractivity contribution in [1.82, 2.24) is 20.6 Å². The van der Waals surface area contributed by atoms with E-state index >= 15 is 0 Å². The molecular weight excluding hydrogens is 485 g/mol. The first-order chi connectivity index (χ1) is 13.2. The number of aromatic nitrogens is 2. The van der Waals surface area contributed by atoms with Crippen LogP contribution < -0.4 is 15.4 Å². The molecule has 148 valence electrons. The Kier molecular flexibility index (Phi) is 9.15. The normalized spacial score (nSPS) is 10.9. The second-order valence-corrected chi connectivity index (χ2v) is 7.22. The van der Waals surface area contributed by atoms with Gasteiger partial charge in [-0.15, -0.1) is 35.3 Å². The number of pyridine rings is 1. The Bertz CT molecular complexity index is 868. The lowest BCUT2D eigenvalue weighted by Crippen LogP contribution is -2.36. The summed E-state index contributed by atoms with van der Waals surface area (Å²) in [6.07, 6.45) is 3.65. The molecule has 2 aromatic heterocycles. The van der Waals surface area contributed by atoms with Crippen LogP contribution in [0.4, 0.5) is 0 Å². The van der Waals surface area contributed by atoms with Gasteiger partial charge >= 0.3 is 0 Å². The van der Waals surface area contributed by atoms with Crippen LogP contribution >= 0.6 is 35.3 Å². The maximum atomic E-state index is 5.76. The molecule has 0 spiro atoms. The van der Waals surface area contributed by atoms with Crippen molar-refractivity contribution in [3.63, 3.8) is 0 Å². The fourth-order valence-electron chi connectivity index (χ4n) is 2.39. The number of guanidine groups is 1. The third-order valence-electron chi connectivity index (χ3n) is 3.80. The van der Waals surface area contributed by atoms with Crippen LogP contribution in [-0.2, 0) is 19.7 Å². The van der Waals surface area contributed by atoms with Gasteiger partial charge in [0, 0.05) is 30.9 Å². The second-order valence-electron chi connectivity index (χ2n) is 5.90. The van der Waals surface area contributed by atoms with Crippen LogP contribution in [0.15, 0.2) is 59.9 Å². The highest BCUT2D eigenvalue weighted by Crippen LogP contribution is 2.14. The number of aryl methyl sites for hydroxylation is 1. The summed E-state index contributed by atoms with van der Waals surface area (Å²) < 4.78 is 5.76. The Morgan fingerprint density at radius 1 is 1.07 bits per heavy atom. The van der Waals surface area contributed by atoms with Crippen LogP contribution in [0.1, 0.15) is 21.1 Å². The van der Waals surface area contributed by atoms with Gasteiger partial charge in [-0.1, -0.05) is 18.2 Å². The summed E-state index contributed by atoms with van der Waals surface area (Å²) in [4.78, 5) is 14.0. The molecule has 6 nitrogen and oxygen atoms in total. The summed E-state index contributed by atoms with van der Waals surface area (Å²) in [5.41, 5.74) is 2.06. The van der Waals surface area contributed by atoms with Gasteiger partial charge in [0.15, 0.2) is 5.96 Å². The summed E-state index contributed by atoms with van der Waals surface area (Å²) >= 11 is 1.68. The number of nitrogens with one attached hydrogen (secondary N) is 2. The van der Waals surface area contributed by atoms with E-state index in [0.717, 1.165) is 28.0 Å². The first-order valence-corrected chi connectivity index (χ1v) is 9.52. The Morgan fingerprint density at radius 3 is 2.50 bits per heavy atom. The van der Waals surface area contributed by atoms with Crippen LogP contribution in [0.25, 0.3) is 0 Å². The van der Waals surface area contributed by atoms with Crippen LogP contribution in [-0.4, -0.2) is 23.0 Å². The molecule has 0 atom stereocenters. The molecule has 0 bridgehead atoms. The van der Waals surface area contributed by atoms with Gasteiger partial charge in [-0.25, -0.2) is 4.98 Å². The van der Waals surface area contributed by atoms with Gasteiger partial charge < -0.3 is 15.4 Å². The molecule has 2 heterocycles. The zero-order valence-corrected chi connectivity index (χ0v) is 19.0.